The minimum atomic E-state index is 0.572. The van der Waals surface area contributed by atoms with E-state index in [4.69, 9.17) is 12.2 Å². The lowest BCUT2D eigenvalue weighted by molar-refractivity contribution is 0.413. The van der Waals surface area contributed by atoms with E-state index in [2.05, 4.69) is 46.4 Å². The van der Waals surface area contributed by atoms with Crippen molar-refractivity contribution in [3.05, 3.63) is 24.3 Å². The average molecular weight is 289 g/mol. The van der Waals surface area contributed by atoms with Crippen LogP contribution in [0.1, 0.15) is 32.1 Å². The Kier molecular flexibility index (Phi) is 4.10. The minimum Gasteiger partial charge on any atom is -0.371 e. The van der Waals surface area contributed by atoms with Crippen molar-refractivity contribution in [1.82, 2.24) is 5.32 Å². The van der Waals surface area contributed by atoms with Crippen LogP contribution in [-0.4, -0.2) is 31.3 Å². The highest BCUT2D eigenvalue weighted by atomic mass is 32.1. The average Bonchev–Trinajstić information content (AvgIpc) is 2.49. The maximum atomic E-state index is 5.67. The molecule has 1 saturated carbocycles. The van der Waals surface area contributed by atoms with Crippen LogP contribution >= 0.6 is 12.2 Å². The van der Waals surface area contributed by atoms with E-state index in [1.54, 1.807) is 0 Å². The number of nitrogens with one attached hydrogen (secondary N) is 1. The molecule has 0 aromatic heterocycles. The first-order chi connectivity index (χ1) is 9.75. The van der Waals surface area contributed by atoms with Gasteiger partial charge in [-0.3, -0.25) is 0 Å². The van der Waals surface area contributed by atoms with Gasteiger partial charge >= 0.3 is 0 Å². The molecule has 1 aliphatic heterocycles. The van der Waals surface area contributed by atoms with Gasteiger partial charge in [0.2, 0.25) is 0 Å². The van der Waals surface area contributed by atoms with Crippen LogP contribution in [0, 0.1) is 0 Å². The highest BCUT2D eigenvalue weighted by molar-refractivity contribution is 7.80. The van der Waals surface area contributed by atoms with Gasteiger partial charge < -0.3 is 15.1 Å². The van der Waals surface area contributed by atoms with E-state index in [1.165, 1.54) is 43.5 Å². The zero-order chi connectivity index (χ0) is 13.9. The minimum absolute atomic E-state index is 0.572. The number of benzene rings is 1. The van der Waals surface area contributed by atoms with Crippen LogP contribution in [0.25, 0.3) is 0 Å². The van der Waals surface area contributed by atoms with Gasteiger partial charge in [-0.15, -0.1) is 0 Å². The first-order valence-corrected chi connectivity index (χ1v) is 8.05. The Balaban J connectivity index is 1.73. The fourth-order valence-corrected chi connectivity index (χ4v) is 3.57. The van der Waals surface area contributed by atoms with Crippen molar-refractivity contribution >= 4 is 28.7 Å². The predicted octanol–water partition coefficient (Wildman–Crippen LogP) is 3.15. The molecule has 1 aromatic rings. The molecule has 0 spiro atoms. The van der Waals surface area contributed by atoms with E-state index in [-0.39, 0.29) is 0 Å². The third-order valence-corrected chi connectivity index (χ3v) is 4.76. The molecule has 4 heteroatoms. The first-order valence-electron chi connectivity index (χ1n) is 7.64. The molecule has 2 aliphatic rings. The molecule has 1 fully saturated rings. The summed E-state index contributed by atoms with van der Waals surface area (Å²) in [5.41, 5.74) is 2.50. The van der Waals surface area contributed by atoms with Crippen LogP contribution in [0.15, 0.2) is 24.3 Å². The number of hydrogen-bond donors (Lipinski definition) is 1. The Morgan fingerprint density at radius 2 is 1.80 bits per heavy atom. The molecule has 0 atom stereocenters. The summed E-state index contributed by atoms with van der Waals surface area (Å²) < 4.78 is 0. The number of para-hydroxylation sites is 2. The van der Waals surface area contributed by atoms with Crippen molar-refractivity contribution in [1.29, 1.82) is 0 Å². The lowest BCUT2D eigenvalue weighted by Gasteiger charge is -2.38. The van der Waals surface area contributed by atoms with Gasteiger partial charge in [-0.1, -0.05) is 31.4 Å². The summed E-state index contributed by atoms with van der Waals surface area (Å²) in [6.45, 7) is 1.98. The van der Waals surface area contributed by atoms with Gasteiger partial charge in [-0.25, -0.2) is 0 Å². The Morgan fingerprint density at radius 3 is 2.55 bits per heavy atom. The van der Waals surface area contributed by atoms with E-state index in [1.807, 2.05) is 0 Å². The number of nitrogens with zero attached hydrogens (tertiary/aromatic N) is 2. The van der Waals surface area contributed by atoms with Gasteiger partial charge in [0, 0.05) is 26.2 Å². The SMILES string of the molecule is CN1CCN(C(=S)NC2CCCCC2)c2ccccc21. The van der Waals surface area contributed by atoms with Gasteiger partial charge in [0.05, 0.1) is 11.4 Å². The molecule has 0 bridgehead atoms. The van der Waals surface area contributed by atoms with Crippen LogP contribution < -0.4 is 15.1 Å². The van der Waals surface area contributed by atoms with E-state index >= 15 is 0 Å². The second-order valence-electron chi connectivity index (χ2n) is 5.85. The third-order valence-electron chi connectivity index (χ3n) is 4.42. The lowest BCUT2D eigenvalue weighted by atomic mass is 9.96. The van der Waals surface area contributed by atoms with Crippen LogP contribution in [0.2, 0.25) is 0 Å². The van der Waals surface area contributed by atoms with E-state index in [9.17, 15) is 0 Å². The first kappa shape index (κ1) is 13.7. The highest BCUT2D eigenvalue weighted by Gasteiger charge is 2.24. The molecule has 0 amide bonds. The van der Waals surface area contributed by atoms with Crippen LogP contribution in [-0.2, 0) is 0 Å². The number of anilines is 2. The third kappa shape index (κ3) is 2.75. The summed E-state index contributed by atoms with van der Waals surface area (Å²) in [5, 5.41) is 4.48. The summed E-state index contributed by atoms with van der Waals surface area (Å²) in [6.07, 6.45) is 6.56. The van der Waals surface area contributed by atoms with Gasteiger partial charge in [-0.2, -0.15) is 0 Å². The van der Waals surface area contributed by atoms with E-state index in [0.717, 1.165) is 18.2 Å². The molecule has 0 unspecified atom stereocenters. The van der Waals surface area contributed by atoms with Gasteiger partial charge in [0.25, 0.3) is 0 Å². The van der Waals surface area contributed by atoms with E-state index < -0.39 is 0 Å². The van der Waals surface area contributed by atoms with Crippen molar-refractivity contribution in [2.45, 2.75) is 38.1 Å². The molecule has 3 nitrogen and oxygen atoms in total. The maximum absolute atomic E-state index is 5.67. The van der Waals surface area contributed by atoms with Crippen molar-refractivity contribution in [2.24, 2.45) is 0 Å². The molecule has 0 radical (unpaired) electrons. The number of likely N-dealkylation sites (N-methyl/N-ethyl adjacent to an activating group) is 1. The normalized spacial score (nSPS) is 19.6. The summed E-state index contributed by atoms with van der Waals surface area (Å²) >= 11 is 5.67. The molecule has 3 rings (SSSR count). The maximum Gasteiger partial charge on any atom is 0.173 e. The number of fused-ring (bicyclic) bond motifs is 1. The van der Waals surface area contributed by atoms with Gasteiger partial charge in [0.15, 0.2) is 5.11 Å². The molecule has 20 heavy (non-hydrogen) atoms. The lowest BCUT2D eigenvalue weighted by Crippen LogP contribution is -2.50. The van der Waals surface area contributed by atoms with Gasteiger partial charge in [-0.05, 0) is 37.2 Å². The summed E-state index contributed by atoms with van der Waals surface area (Å²) in [5.74, 6) is 0. The smallest absolute Gasteiger partial charge is 0.173 e. The molecular formula is C16H23N3S. The van der Waals surface area contributed by atoms with Crippen LogP contribution in [0.3, 0.4) is 0 Å². The highest BCUT2D eigenvalue weighted by Crippen LogP contribution is 2.32. The zero-order valence-electron chi connectivity index (χ0n) is 12.1. The van der Waals surface area contributed by atoms with Crippen LogP contribution in [0.4, 0.5) is 11.4 Å². The summed E-state index contributed by atoms with van der Waals surface area (Å²) in [6, 6.07) is 9.10. The van der Waals surface area contributed by atoms with E-state index in [0.29, 0.717) is 6.04 Å². The fraction of sp³-hybridized carbons (Fsp3) is 0.562. The molecule has 1 N–H and O–H groups in total. The summed E-state index contributed by atoms with van der Waals surface area (Å²) in [4.78, 5) is 4.56. The zero-order valence-corrected chi connectivity index (χ0v) is 13.0. The van der Waals surface area contributed by atoms with Crippen molar-refractivity contribution in [3.63, 3.8) is 0 Å². The molecule has 0 saturated heterocycles. The second kappa shape index (κ2) is 6.00. The number of rotatable bonds is 1. The Morgan fingerprint density at radius 1 is 1.10 bits per heavy atom. The van der Waals surface area contributed by atoms with Gasteiger partial charge in [0.1, 0.15) is 0 Å². The van der Waals surface area contributed by atoms with Crippen LogP contribution in [0.5, 0.6) is 0 Å². The Hall–Kier alpha value is -1.29. The Labute approximate surface area is 126 Å². The fourth-order valence-electron chi connectivity index (χ4n) is 3.22. The quantitative estimate of drug-likeness (QED) is 0.800. The summed E-state index contributed by atoms with van der Waals surface area (Å²) in [7, 11) is 2.15. The molecular weight excluding hydrogens is 266 g/mol. The standard InChI is InChI=1S/C16H23N3S/c1-18-11-12-19(15-10-6-5-9-14(15)18)16(20)17-13-7-3-2-4-8-13/h5-6,9-10,13H,2-4,7-8,11-12H2,1H3,(H,17,20). The van der Waals surface area contributed by atoms with Crippen molar-refractivity contribution in [2.75, 3.05) is 29.9 Å². The number of hydrogen-bond acceptors (Lipinski definition) is 2. The Bertz CT molecular complexity index is 482. The van der Waals surface area contributed by atoms with Crippen molar-refractivity contribution in [3.8, 4) is 0 Å². The number of thiocarbonyl (C=S) groups is 1. The molecule has 1 aromatic carbocycles. The predicted molar refractivity (Wildman–Crippen MR) is 89.7 cm³/mol. The molecule has 108 valence electrons. The largest absolute Gasteiger partial charge is 0.371 e. The molecule has 1 aliphatic carbocycles. The topological polar surface area (TPSA) is 18.5 Å². The monoisotopic (exact) mass is 289 g/mol. The van der Waals surface area contributed by atoms with Crippen molar-refractivity contribution < 1.29 is 0 Å². The molecule has 1 heterocycles. The second-order valence-corrected chi connectivity index (χ2v) is 6.23.